The normalized spacial score (nSPS) is 19.1. The van der Waals surface area contributed by atoms with Gasteiger partial charge in [0.25, 0.3) is 18.8 Å². The number of aromatic nitrogens is 1. The summed E-state index contributed by atoms with van der Waals surface area (Å²) >= 11 is 0. The first-order chi connectivity index (χ1) is 14.1. The number of nitrogens with one attached hydrogen (secondary N) is 1. The Morgan fingerprint density at radius 2 is 1.93 bits per heavy atom. The first-order valence-electron chi connectivity index (χ1n) is 8.49. The summed E-state index contributed by atoms with van der Waals surface area (Å²) in [6.07, 6.45) is -5.20. The summed E-state index contributed by atoms with van der Waals surface area (Å²) in [6.45, 7) is -0.796. The quantitative estimate of drug-likeness (QED) is 0.633. The summed E-state index contributed by atoms with van der Waals surface area (Å²) in [5.41, 5.74) is 6.96. The van der Waals surface area contributed by atoms with Gasteiger partial charge in [0, 0.05) is 23.0 Å². The number of carbonyl (C=O) groups is 1. The number of hydrogen-bond donors (Lipinski definition) is 3. The Balaban J connectivity index is 1.94. The molecule has 0 saturated carbocycles. The lowest BCUT2D eigenvalue weighted by atomic mass is 9.90. The van der Waals surface area contributed by atoms with E-state index in [1.54, 1.807) is 0 Å². The maximum absolute atomic E-state index is 14.4. The lowest BCUT2D eigenvalue weighted by molar-refractivity contribution is -0.0145. The Hall–Kier alpha value is -3.28. The van der Waals surface area contributed by atoms with E-state index in [2.05, 4.69) is 15.3 Å². The van der Waals surface area contributed by atoms with Gasteiger partial charge in [0.1, 0.15) is 18.3 Å². The molecule has 3 rings (SSSR count). The number of nitrogen functional groups attached to an aromatic ring is 1. The van der Waals surface area contributed by atoms with E-state index < -0.39 is 47.8 Å². The van der Waals surface area contributed by atoms with Crippen LogP contribution in [0.25, 0.3) is 0 Å². The second-order valence-corrected chi connectivity index (χ2v) is 6.48. The first kappa shape index (κ1) is 21.4. The van der Waals surface area contributed by atoms with Gasteiger partial charge in [-0.15, -0.1) is 0 Å². The van der Waals surface area contributed by atoms with Crippen LogP contribution in [0.2, 0.25) is 0 Å². The standard InChI is InChI=1S/C18H16F5N5O2/c19-11-2-1-9(4-10(11)18(17(22)23)7-30-6-13(25)28-18)27-16(29)14-12(24)3-8(5-26-14)15(20)21/h1-5,15,17H,6-7,24H2,(H2,25,28)(H,27,29)/t18-/m0/s1. The minimum absolute atomic E-state index is 0.0742. The fourth-order valence-electron chi connectivity index (χ4n) is 2.93. The van der Waals surface area contributed by atoms with Crippen LogP contribution in [0.15, 0.2) is 35.5 Å². The Morgan fingerprint density at radius 1 is 1.20 bits per heavy atom. The molecule has 1 aromatic carbocycles. The number of rotatable bonds is 5. The molecular formula is C18H16F5N5O2. The van der Waals surface area contributed by atoms with Crippen molar-refractivity contribution in [3.8, 4) is 0 Å². The summed E-state index contributed by atoms with van der Waals surface area (Å²) in [4.78, 5) is 19.7. The lowest BCUT2D eigenvalue weighted by Crippen LogP contribution is -2.45. The zero-order valence-corrected chi connectivity index (χ0v) is 15.2. The number of hydrogen-bond acceptors (Lipinski definition) is 6. The second-order valence-electron chi connectivity index (χ2n) is 6.48. The van der Waals surface area contributed by atoms with Crippen molar-refractivity contribution in [1.29, 1.82) is 0 Å². The minimum Gasteiger partial charge on any atom is -0.397 e. The van der Waals surface area contributed by atoms with Crippen molar-refractivity contribution in [1.82, 2.24) is 4.98 Å². The van der Waals surface area contributed by atoms with E-state index in [9.17, 15) is 26.7 Å². The van der Waals surface area contributed by atoms with Crippen molar-refractivity contribution in [2.45, 2.75) is 18.4 Å². The summed E-state index contributed by atoms with van der Waals surface area (Å²) in [6, 6.07) is 3.85. The Labute approximate surface area is 166 Å². The third-order valence-corrected chi connectivity index (χ3v) is 4.37. The van der Waals surface area contributed by atoms with Crippen molar-refractivity contribution >= 4 is 23.1 Å². The fourth-order valence-corrected chi connectivity index (χ4v) is 2.93. The molecule has 2 aromatic rings. The molecule has 30 heavy (non-hydrogen) atoms. The van der Waals surface area contributed by atoms with Crippen LogP contribution in [0.1, 0.15) is 28.0 Å². The van der Waals surface area contributed by atoms with E-state index >= 15 is 0 Å². The molecular weight excluding hydrogens is 413 g/mol. The average molecular weight is 429 g/mol. The molecule has 0 saturated heterocycles. The highest BCUT2D eigenvalue weighted by Gasteiger charge is 2.46. The number of ether oxygens (including phenoxy) is 1. The topological polar surface area (TPSA) is 116 Å². The highest BCUT2D eigenvalue weighted by molar-refractivity contribution is 6.06. The number of nitrogens with two attached hydrogens (primary N) is 2. The largest absolute Gasteiger partial charge is 0.397 e. The van der Waals surface area contributed by atoms with Gasteiger partial charge in [-0.2, -0.15) is 0 Å². The number of pyridine rings is 1. The molecule has 0 radical (unpaired) electrons. The van der Waals surface area contributed by atoms with Crippen LogP contribution >= 0.6 is 0 Å². The summed E-state index contributed by atoms with van der Waals surface area (Å²) < 4.78 is 72.5. The van der Waals surface area contributed by atoms with Gasteiger partial charge in [-0.3, -0.25) is 9.79 Å². The van der Waals surface area contributed by atoms with Gasteiger partial charge in [-0.25, -0.2) is 26.9 Å². The van der Waals surface area contributed by atoms with Crippen LogP contribution in [-0.2, 0) is 10.3 Å². The van der Waals surface area contributed by atoms with Crippen molar-refractivity contribution in [2.75, 3.05) is 24.3 Å². The third-order valence-electron chi connectivity index (χ3n) is 4.37. The SMILES string of the molecule is NC1=N[C@@](c2cc(NC(=O)c3ncc(C(F)F)cc3N)ccc2F)(C(F)F)COC1. The van der Waals surface area contributed by atoms with Gasteiger partial charge in [-0.05, 0) is 24.3 Å². The van der Waals surface area contributed by atoms with Crippen molar-refractivity contribution in [3.05, 3.63) is 53.1 Å². The van der Waals surface area contributed by atoms with Crippen molar-refractivity contribution in [3.63, 3.8) is 0 Å². The van der Waals surface area contributed by atoms with Crippen LogP contribution < -0.4 is 16.8 Å². The molecule has 0 fully saturated rings. The number of aliphatic imine (C=N–C) groups is 1. The molecule has 160 valence electrons. The molecule has 1 aromatic heterocycles. The van der Waals surface area contributed by atoms with Gasteiger partial charge in [0.15, 0.2) is 11.2 Å². The van der Waals surface area contributed by atoms with E-state index in [4.69, 9.17) is 16.2 Å². The number of halogens is 5. The van der Waals surface area contributed by atoms with E-state index in [1.807, 2.05) is 0 Å². The molecule has 1 atom stereocenters. The predicted octanol–water partition coefficient (Wildman–Crippen LogP) is 2.84. The third kappa shape index (κ3) is 4.03. The Kier molecular flexibility index (Phi) is 5.87. The lowest BCUT2D eigenvalue weighted by Gasteiger charge is -2.33. The van der Waals surface area contributed by atoms with Gasteiger partial charge < -0.3 is 21.5 Å². The highest BCUT2D eigenvalue weighted by Crippen LogP contribution is 2.38. The Bertz CT molecular complexity index is 1000. The minimum atomic E-state index is -3.16. The molecule has 1 aliphatic rings. The monoisotopic (exact) mass is 429 g/mol. The molecule has 12 heteroatoms. The Morgan fingerprint density at radius 3 is 2.53 bits per heavy atom. The summed E-state index contributed by atoms with van der Waals surface area (Å²) in [5.74, 6) is -2.14. The first-order valence-corrected chi connectivity index (χ1v) is 8.49. The molecule has 0 aliphatic carbocycles. The maximum Gasteiger partial charge on any atom is 0.276 e. The van der Waals surface area contributed by atoms with Crippen molar-refractivity contribution in [2.24, 2.45) is 10.7 Å². The van der Waals surface area contributed by atoms with E-state index in [-0.39, 0.29) is 29.5 Å². The second kappa shape index (κ2) is 8.22. The predicted molar refractivity (Wildman–Crippen MR) is 98.1 cm³/mol. The van der Waals surface area contributed by atoms with Crippen LogP contribution in [-0.4, -0.2) is 36.4 Å². The number of amides is 1. The smallest absolute Gasteiger partial charge is 0.276 e. The zero-order valence-electron chi connectivity index (χ0n) is 15.2. The molecule has 1 amide bonds. The molecule has 0 unspecified atom stereocenters. The number of anilines is 2. The van der Waals surface area contributed by atoms with Gasteiger partial charge in [0.2, 0.25) is 0 Å². The summed E-state index contributed by atoms with van der Waals surface area (Å²) in [5, 5.41) is 2.32. The summed E-state index contributed by atoms with van der Waals surface area (Å²) in [7, 11) is 0. The van der Waals surface area contributed by atoms with Gasteiger partial charge in [0.05, 0.1) is 12.3 Å². The van der Waals surface area contributed by atoms with E-state index in [1.165, 1.54) is 0 Å². The number of benzene rings is 1. The average Bonchev–Trinajstić information content (AvgIpc) is 2.68. The zero-order chi connectivity index (χ0) is 22.1. The van der Waals surface area contributed by atoms with Crippen LogP contribution in [0, 0.1) is 5.82 Å². The molecule has 2 heterocycles. The van der Waals surface area contributed by atoms with Crippen LogP contribution in [0.3, 0.4) is 0 Å². The van der Waals surface area contributed by atoms with Crippen LogP contribution in [0.4, 0.5) is 33.3 Å². The number of carbonyl (C=O) groups excluding carboxylic acids is 1. The number of alkyl halides is 4. The number of amidine groups is 1. The van der Waals surface area contributed by atoms with Crippen molar-refractivity contribution < 1.29 is 31.5 Å². The molecule has 7 nitrogen and oxygen atoms in total. The number of nitrogens with zero attached hydrogens (tertiary/aromatic N) is 2. The molecule has 0 bridgehead atoms. The van der Waals surface area contributed by atoms with Gasteiger partial charge in [-0.1, -0.05) is 0 Å². The van der Waals surface area contributed by atoms with E-state index in [0.717, 1.165) is 30.5 Å². The molecule has 0 spiro atoms. The maximum atomic E-state index is 14.4. The molecule has 1 aliphatic heterocycles. The van der Waals surface area contributed by atoms with E-state index in [0.29, 0.717) is 0 Å². The van der Waals surface area contributed by atoms with Gasteiger partial charge >= 0.3 is 0 Å². The molecule has 5 N–H and O–H groups in total. The fraction of sp³-hybridized carbons (Fsp3) is 0.278. The van der Waals surface area contributed by atoms with Crippen LogP contribution in [0.5, 0.6) is 0 Å². The highest BCUT2D eigenvalue weighted by atomic mass is 19.3.